The van der Waals surface area contributed by atoms with Crippen LogP contribution in [-0.2, 0) is 4.79 Å². The normalized spacial score (nSPS) is 18.6. The van der Waals surface area contributed by atoms with Gasteiger partial charge in [-0.15, -0.1) is 0 Å². The third-order valence-electron chi connectivity index (χ3n) is 7.01. The van der Waals surface area contributed by atoms with E-state index >= 15 is 0 Å². The topological polar surface area (TPSA) is 68.8 Å². The Morgan fingerprint density at radius 1 is 0.921 bits per heavy atom. The molecule has 38 heavy (non-hydrogen) atoms. The van der Waals surface area contributed by atoms with Gasteiger partial charge in [0.1, 0.15) is 5.75 Å². The molecule has 2 aliphatic rings. The predicted molar refractivity (Wildman–Crippen MR) is 151 cm³/mol. The summed E-state index contributed by atoms with van der Waals surface area (Å²) in [5.41, 5.74) is 5.76. The van der Waals surface area contributed by atoms with Crippen molar-refractivity contribution in [1.82, 2.24) is 0 Å². The van der Waals surface area contributed by atoms with Crippen LogP contribution in [0.15, 0.2) is 78.0 Å². The highest BCUT2D eigenvalue weighted by Crippen LogP contribution is 2.45. The van der Waals surface area contributed by atoms with Gasteiger partial charge in [0.15, 0.2) is 17.3 Å². The van der Waals surface area contributed by atoms with Crippen molar-refractivity contribution < 1.29 is 19.0 Å². The minimum Gasteiger partial charge on any atom is -0.493 e. The van der Waals surface area contributed by atoms with Crippen LogP contribution in [-0.4, -0.2) is 25.6 Å². The molecule has 2 N–H and O–H groups in total. The number of fused-ring (bicyclic) bond motifs is 1. The second-order valence-corrected chi connectivity index (χ2v) is 10.2. The van der Waals surface area contributed by atoms with E-state index in [9.17, 15) is 4.79 Å². The lowest BCUT2D eigenvalue weighted by atomic mass is 9.78. The number of Topliss-reactive ketones (excluding diaryl/α,β-unsaturated/α-hetero) is 1. The summed E-state index contributed by atoms with van der Waals surface area (Å²) in [5.74, 6) is 2.44. The smallest absolute Gasteiger partial charge is 0.163 e. The maximum Gasteiger partial charge on any atom is 0.163 e. The number of nitrogens with one attached hydrogen (secondary N) is 2. The van der Waals surface area contributed by atoms with Gasteiger partial charge in [-0.2, -0.15) is 0 Å². The van der Waals surface area contributed by atoms with Crippen LogP contribution >= 0.6 is 0 Å². The molecule has 0 amide bonds. The van der Waals surface area contributed by atoms with Crippen molar-refractivity contribution >= 4 is 17.2 Å². The number of ketones is 1. The summed E-state index contributed by atoms with van der Waals surface area (Å²) in [6.07, 6.45) is 2.23. The fourth-order valence-corrected chi connectivity index (χ4v) is 5.26. The Bertz CT molecular complexity index is 1330. The zero-order valence-corrected chi connectivity index (χ0v) is 22.5. The number of benzene rings is 3. The van der Waals surface area contributed by atoms with Crippen molar-refractivity contribution in [2.45, 2.75) is 58.1 Å². The molecule has 3 aromatic carbocycles. The van der Waals surface area contributed by atoms with Crippen LogP contribution < -0.4 is 24.8 Å². The van der Waals surface area contributed by atoms with Crippen LogP contribution in [0.25, 0.3) is 0 Å². The number of carbonyl (C=O) groups excluding carboxylic acids is 1. The van der Waals surface area contributed by atoms with Gasteiger partial charge in [0, 0.05) is 17.7 Å². The molecule has 1 aliphatic heterocycles. The highest BCUT2D eigenvalue weighted by Gasteiger charge is 2.36. The minimum atomic E-state index is -0.314. The molecule has 0 radical (unpaired) electrons. The van der Waals surface area contributed by atoms with Gasteiger partial charge in [-0.05, 0) is 80.1 Å². The number of anilines is 2. The summed E-state index contributed by atoms with van der Waals surface area (Å²) in [5, 5.41) is 7.26. The van der Waals surface area contributed by atoms with E-state index in [4.69, 9.17) is 14.2 Å². The van der Waals surface area contributed by atoms with Crippen LogP contribution in [0.4, 0.5) is 11.4 Å². The molecule has 6 nitrogen and oxygen atoms in total. The second kappa shape index (κ2) is 11.2. The standard InChI is InChI=1S/C32H36N2O4/c1-5-16-37-29-15-12-22(19-30(29)36-4)32-31-27(33-25-8-6-7-9-26(25)34-32)17-23(18-28(31)35)21-10-13-24(14-11-21)38-20(2)3/h6-15,19-20,23,32-34H,5,16-18H2,1-4H3. The molecule has 0 aromatic heterocycles. The molecule has 5 rings (SSSR count). The molecule has 0 bridgehead atoms. The van der Waals surface area contributed by atoms with Gasteiger partial charge in [-0.25, -0.2) is 0 Å². The van der Waals surface area contributed by atoms with Crippen molar-refractivity contribution in [3.8, 4) is 17.2 Å². The summed E-state index contributed by atoms with van der Waals surface area (Å²) in [7, 11) is 1.65. The van der Waals surface area contributed by atoms with Crippen molar-refractivity contribution in [2.24, 2.45) is 0 Å². The molecule has 198 valence electrons. The number of hydrogen-bond acceptors (Lipinski definition) is 6. The first-order chi connectivity index (χ1) is 18.5. The van der Waals surface area contributed by atoms with E-state index in [0.717, 1.165) is 52.4 Å². The zero-order chi connectivity index (χ0) is 26.6. The van der Waals surface area contributed by atoms with E-state index in [-0.39, 0.29) is 23.8 Å². The summed E-state index contributed by atoms with van der Waals surface area (Å²) < 4.78 is 17.4. The highest BCUT2D eigenvalue weighted by molar-refractivity contribution is 6.01. The van der Waals surface area contributed by atoms with Crippen LogP contribution in [0.2, 0.25) is 0 Å². The Labute approximate surface area is 225 Å². The minimum absolute atomic E-state index is 0.0899. The van der Waals surface area contributed by atoms with Crippen molar-refractivity contribution in [2.75, 3.05) is 24.4 Å². The first-order valence-corrected chi connectivity index (χ1v) is 13.4. The van der Waals surface area contributed by atoms with Crippen molar-refractivity contribution in [3.05, 3.63) is 89.1 Å². The number of ether oxygens (including phenoxy) is 3. The second-order valence-electron chi connectivity index (χ2n) is 10.2. The SMILES string of the molecule is CCCOc1ccc(C2Nc3ccccc3NC3=C2C(=O)CC(c2ccc(OC(C)C)cc2)C3)cc1OC. The average Bonchev–Trinajstić information content (AvgIpc) is 3.09. The van der Waals surface area contributed by atoms with Crippen LogP contribution in [0.1, 0.15) is 63.1 Å². The Kier molecular flexibility index (Phi) is 7.59. The molecule has 0 fully saturated rings. The van der Waals surface area contributed by atoms with Gasteiger partial charge in [-0.3, -0.25) is 4.79 Å². The van der Waals surface area contributed by atoms with E-state index in [2.05, 4.69) is 29.7 Å². The van der Waals surface area contributed by atoms with Gasteiger partial charge >= 0.3 is 0 Å². The molecule has 2 atom stereocenters. The quantitative estimate of drug-likeness (QED) is 0.331. The van der Waals surface area contributed by atoms with Gasteiger partial charge in [0.2, 0.25) is 0 Å². The van der Waals surface area contributed by atoms with Gasteiger partial charge in [0.25, 0.3) is 0 Å². The molecule has 3 aromatic rings. The van der Waals surface area contributed by atoms with Crippen molar-refractivity contribution in [3.63, 3.8) is 0 Å². The van der Waals surface area contributed by atoms with E-state index in [1.54, 1.807) is 7.11 Å². The fourth-order valence-electron chi connectivity index (χ4n) is 5.26. The number of hydrogen-bond donors (Lipinski definition) is 2. The monoisotopic (exact) mass is 512 g/mol. The Morgan fingerprint density at radius 3 is 2.37 bits per heavy atom. The summed E-state index contributed by atoms with van der Waals surface area (Å²) in [6.45, 7) is 6.73. The number of methoxy groups -OCH3 is 1. The summed E-state index contributed by atoms with van der Waals surface area (Å²) >= 11 is 0. The number of para-hydroxylation sites is 2. The van der Waals surface area contributed by atoms with Gasteiger partial charge in [0.05, 0.1) is 37.2 Å². The summed E-state index contributed by atoms with van der Waals surface area (Å²) in [4.78, 5) is 13.9. The number of carbonyl (C=O) groups is 1. The maximum atomic E-state index is 13.9. The van der Waals surface area contributed by atoms with E-state index in [1.165, 1.54) is 0 Å². The molecule has 0 spiro atoms. The third kappa shape index (κ3) is 5.35. The highest BCUT2D eigenvalue weighted by atomic mass is 16.5. The molecule has 2 unspecified atom stereocenters. The Morgan fingerprint density at radius 2 is 1.66 bits per heavy atom. The Hall–Kier alpha value is -3.93. The van der Waals surface area contributed by atoms with Crippen LogP contribution in [0, 0.1) is 0 Å². The molecular weight excluding hydrogens is 476 g/mol. The largest absolute Gasteiger partial charge is 0.493 e. The van der Waals surface area contributed by atoms with Crippen molar-refractivity contribution in [1.29, 1.82) is 0 Å². The summed E-state index contributed by atoms with van der Waals surface area (Å²) in [6, 6.07) is 21.9. The zero-order valence-electron chi connectivity index (χ0n) is 22.5. The number of allylic oxidation sites excluding steroid dienone is 1. The lowest BCUT2D eigenvalue weighted by molar-refractivity contribution is -0.116. The molecular formula is C32H36N2O4. The van der Waals surface area contributed by atoms with Gasteiger partial charge in [-0.1, -0.05) is 37.3 Å². The first kappa shape index (κ1) is 25.7. The number of rotatable bonds is 8. The van der Waals surface area contributed by atoms with Gasteiger partial charge < -0.3 is 24.8 Å². The van der Waals surface area contributed by atoms with E-state index in [1.807, 2.05) is 68.4 Å². The molecule has 0 saturated heterocycles. The molecule has 0 saturated carbocycles. The lowest BCUT2D eigenvalue weighted by Crippen LogP contribution is -2.27. The van der Waals surface area contributed by atoms with E-state index < -0.39 is 0 Å². The first-order valence-electron chi connectivity index (χ1n) is 13.4. The predicted octanol–water partition coefficient (Wildman–Crippen LogP) is 7.25. The lowest BCUT2D eigenvalue weighted by Gasteiger charge is -2.30. The maximum absolute atomic E-state index is 13.9. The average molecular weight is 513 g/mol. The third-order valence-corrected chi connectivity index (χ3v) is 7.01. The fraction of sp³-hybridized carbons (Fsp3) is 0.344. The molecule has 6 heteroatoms. The molecule has 1 heterocycles. The molecule has 1 aliphatic carbocycles. The van der Waals surface area contributed by atoms with E-state index in [0.29, 0.717) is 24.5 Å². The van der Waals surface area contributed by atoms with Crippen LogP contribution in [0.3, 0.4) is 0 Å². The van der Waals surface area contributed by atoms with Crippen LogP contribution in [0.5, 0.6) is 17.2 Å². The Balaban J connectivity index is 1.52.